The molecule has 1 nitrogen and oxygen atoms in total. The van der Waals surface area contributed by atoms with Crippen LogP contribution in [0, 0.1) is 0 Å². The fourth-order valence-electron chi connectivity index (χ4n) is 1.79. The SMILES string of the molecule is CCN(CC)c1ccc(C(C)(C)CBr)cc1. The summed E-state index contributed by atoms with van der Waals surface area (Å²) in [5.74, 6) is 0. The first-order chi connectivity index (χ1) is 7.55. The molecule has 0 spiro atoms. The van der Waals surface area contributed by atoms with Crippen LogP contribution in [0.15, 0.2) is 24.3 Å². The van der Waals surface area contributed by atoms with E-state index in [4.69, 9.17) is 0 Å². The Labute approximate surface area is 108 Å². The van der Waals surface area contributed by atoms with Crippen LogP contribution in [0.2, 0.25) is 0 Å². The summed E-state index contributed by atoms with van der Waals surface area (Å²) in [6.07, 6.45) is 0. The third-order valence-corrected chi connectivity index (χ3v) is 4.51. The quantitative estimate of drug-likeness (QED) is 0.732. The van der Waals surface area contributed by atoms with Crippen LogP contribution in [0.1, 0.15) is 33.3 Å². The summed E-state index contributed by atoms with van der Waals surface area (Å²) < 4.78 is 0. The van der Waals surface area contributed by atoms with Crippen molar-refractivity contribution in [3.05, 3.63) is 29.8 Å². The maximum Gasteiger partial charge on any atom is 0.0366 e. The van der Waals surface area contributed by atoms with Gasteiger partial charge in [0.25, 0.3) is 0 Å². The largest absolute Gasteiger partial charge is 0.372 e. The molecule has 0 amide bonds. The first-order valence-corrected chi connectivity index (χ1v) is 7.08. The fourth-order valence-corrected chi connectivity index (χ4v) is 2.11. The van der Waals surface area contributed by atoms with Gasteiger partial charge in [-0.15, -0.1) is 0 Å². The summed E-state index contributed by atoms with van der Waals surface area (Å²) in [5.41, 5.74) is 2.92. The van der Waals surface area contributed by atoms with Crippen LogP contribution in [-0.4, -0.2) is 18.4 Å². The summed E-state index contributed by atoms with van der Waals surface area (Å²) in [6, 6.07) is 8.95. The lowest BCUT2D eigenvalue weighted by atomic mass is 9.87. The predicted molar refractivity (Wildman–Crippen MR) is 76.8 cm³/mol. The average molecular weight is 284 g/mol. The highest BCUT2D eigenvalue weighted by molar-refractivity contribution is 9.09. The van der Waals surface area contributed by atoms with Gasteiger partial charge in [0, 0.05) is 24.1 Å². The van der Waals surface area contributed by atoms with Crippen molar-refractivity contribution in [2.45, 2.75) is 33.1 Å². The molecule has 0 N–H and O–H groups in total. The number of benzene rings is 1. The van der Waals surface area contributed by atoms with E-state index in [-0.39, 0.29) is 5.41 Å². The summed E-state index contributed by atoms with van der Waals surface area (Å²) in [4.78, 5) is 2.37. The van der Waals surface area contributed by atoms with Gasteiger partial charge < -0.3 is 4.90 Å². The molecule has 1 aromatic rings. The average Bonchev–Trinajstić information content (AvgIpc) is 2.31. The van der Waals surface area contributed by atoms with Crippen molar-refractivity contribution in [3.8, 4) is 0 Å². The number of anilines is 1. The van der Waals surface area contributed by atoms with Crippen molar-refractivity contribution in [1.82, 2.24) is 0 Å². The molecule has 90 valence electrons. The molecule has 0 heterocycles. The molecule has 0 bridgehead atoms. The molecule has 0 unspecified atom stereocenters. The van der Waals surface area contributed by atoms with Crippen LogP contribution in [0.4, 0.5) is 5.69 Å². The van der Waals surface area contributed by atoms with Crippen molar-refractivity contribution < 1.29 is 0 Å². The van der Waals surface area contributed by atoms with Gasteiger partial charge in [-0.25, -0.2) is 0 Å². The third kappa shape index (κ3) is 3.00. The zero-order valence-electron chi connectivity index (χ0n) is 10.8. The van der Waals surface area contributed by atoms with Crippen LogP contribution in [-0.2, 0) is 5.41 Å². The Balaban J connectivity index is 2.90. The maximum absolute atomic E-state index is 3.57. The topological polar surface area (TPSA) is 3.24 Å². The van der Waals surface area contributed by atoms with E-state index in [0.717, 1.165) is 18.4 Å². The fraction of sp³-hybridized carbons (Fsp3) is 0.571. The van der Waals surface area contributed by atoms with E-state index in [9.17, 15) is 0 Å². The first-order valence-electron chi connectivity index (χ1n) is 5.96. The zero-order chi connectivity index (χ0) is 12.2. The van der Waals surface area contributed by atoms with E-state index >= 15 is 0 Å². The molecular formula is C14H22BrN. The second kappa shape index (κ2) is 5.72. The summed E-state index contributed by atoms with van der Waals surface area (Å²) in [7, 11) is 0. The molecule has 0 aliphatic rings. The van der Waals surface area contributed by atoms with E-state index in [2.05, 4.69) is 72.8 Å². The Bertz CT molecular complexity index is 312. The second-order valence-electron chi connectivity index (χ2n) is 4.74. The Morgan fingerprint density at radius 1 is 1.06 bits per heavy atom. The normalized spacial score (nSPS) is 11.6. The molecule has 1 rings (SSSR count). The van der Waals surface area contributed by atoms with Crippen LogP contribution >= 0.6 is 15.9 Å². The minimum absolute atomic E-state index is 0.210. The number of hydrogen-bond donors (Lipinski definition) is 0. The second-order valence-corrected chi connectivity index (χ2v) is 5.30. The van der Waals surface area contributed by atoms with E-state index in [0.29, 0.717) is 0 Å². The molecule has 0 aliphatic heterocycles. The minimum Gasteiger partial charge on any atom is -0.372 e. The monoisotopic (exact) mass is 283 g/mol. The smallest absolute Gasteiger partial charge is 0.0366 e. The lowest BCUT2D eigenvalue weighted by Gasteiger charge is -2.25. The number of rotatable bonds is 5. The predicted octanol–water partition coefficient (Wildman–Crippen LogP) is 4.21. The highest BCUT2D eigenvalue weighted by Gasteiger charge is 2.18. The third-order valence-electron chi connectivity index (χ3n) is 3.11. The Kier molecular flexibility index (Phi) is 4.85. The lowest BCUT2D eigenvalue weighted by molar-refractivity contribution is 0.606. The summed E-state index contributed by atoms with van der Waals surface area (Å²) in [5, 5.41) is 0.991. The van der Waals surface area contributed by atoms with Gasteiger partial charge >= 0.3 is 0 Å². The summed E-state index contributed by atoms with van der Waals surface area (Å²) >= 11 is 3.57. The van der Waals surface area contributed by atoms with Gasteiger partial charge in [0.05, 0.1) is 0 Å². The number of alkyl halides is 1. The molecule has 0 saturated heterocycles. The highest BCUT2D eigenvalue weighted by Crippen LogP contribution is 2.27. The standard InChI is InChI=1S/C14H22BrN/c1-5-16(6-2)13-9-7-12(8-10-13)14(3,4)11-15/h7-10H,5-6,11H2,1-4H3. The highest BCUT2D eigenvalue weighted by atomic mass is 79.9. The molecule has 16 heavy (non-hydrogen) atoms. The van der Waals surface area contributed by atoms with Crippen LogP contribution in [0.5, 0.6) is 0 Å². The lowest BCUT2D eigenvalue weighted by Crippen LogP contribution is -2.22. The van der Waals surface area contributed by atoms with Crippen molar-refractivity contribution in [3.63, 3.8) is 0 Å². The molecule has 0 radical (unpaired) electrons. The van der Waals surface area contributed by atoms with Crippen LogP contribution in [0.25, 0.3) is 0 Å². The molecule has 0 atom stereocenters. The van der Waals surface area contributed by atoms with Crippen LogP contribution in [0.3, 0.4) is 0 Å². The van der Waals surface area contributed by atoms with Crippen molar-refractivity contribution in [2.24, 2.45) is 0 Å². The van der Waals surface area contributed by atoms with Gasteiger partial charge in [-0.05, 0) is 37.0 Å². The number of hydrogen-bond acceptors (Lipinski definition) is 1. The number of halogens is 1. The van der Waals surface area contributed by atoms with Gasteiger partial charge in [0.2, 0.25) is 0 Å². The van der Waals surface area contributed by atoms with Gasteiger partial charge in [-0.2, -0.15) is 0 Å². The van der Waals surface area contributed by atoms with Crippen molar-refractivity contribution in [1.29, 1.82) is 0 Å². The molecule has 0 aliphatic carbocycles. The Morgan fingerprint density at radius 2 is 1.56 bits per heavy atom. The molecular weight excluding hydrogens is 262 g/mol. The molecule has 0 fully saturated rings. The van der Waals surface area contributed by atoms with E-state index in [1.165, 1.54) is 11.3 Å². The molecule has 2 heteroatoms. The zero-order valence-corrected chi connectivity index (χ0v) is 12.3. The molecule has 1 aromatic carbocycles. The molecule has 0 aromatic heterocycles. The van der Waals surface area contributed by atoms with Gasteiger partial charge in [-0.1, -0.05) is 41.9 Å². The van der Waals surface area contributed by atoms with E-state index in [1.54, 1.807) is 0 Å². The van der Waals surface area contributed by atoms with Crippen molar-refractivity contribution in [2.75, 3.05) is 23.3 Å². The van der Waals surface area contributed by atoms with Gasteiger partial charge in [0.15, 0.2) is 0 Å². The van der Waals surface area contributed by atoms with E-state index < -0.39 is 0 Å². The summed E-state index contributed by atoms with van der Waals surface area (Å²) in [6.45, 7) is 11.0. The number of nitrogens with zero attached hydrogens (tertiary/aromatic N) is 1. The Hall–Kier alpha value is -0.500. The molecule has 0 saturated carbocycles. The maximum atomic E-state index is 3.57. The minimum atomic E-state index is 0.210. The van der Waals surface area contributed by atoms with Crippen LogP contribution < -0.4 is 4.90 Å². The van der Waals surface area contributed by atoms with Crippen molar-refractivity contribution >= 4 is 21.6 Å². The Morgan fingerprint density at radius 3 is 1.94 bits per heavy atom. The van der Waals surface area contributed by atoms with E-state index in [1.807, 2.05) is 0 Å². The van der Waals surface area contributed by atoms with Gasteiger partial charge in [0.1, 0.15) is 0 Å². The van der Waals surface area contributed by atoms with Gasteiger partial charge in [-0.3, -0.25) is 0 Å². The first kappa shape index (κ1) is 13.6.